The molecule has 1 unspecified atom stereocenters. The molecular formula is C20H27N3O3. The van der Waals surface area contributed by atoms with Gasteiger partial charge in [-0.1, -0.05) is 49.1 Å². The highest BCUT2D eigenvalue weighted by Gasteiger charge is 2.49. The molecular weight excluding hydrogens is 330 g/mol. The molecule has 3 rings (SSSR count). The first kappa shape index (κ1) is 18.4. The molecule has 0 radical (unpaired) electrons. The number of hydrogen-bond acceptors (Lipinski definition) is 3. The number of amides is 4. The average molecular weight is 357 g/mol. The van der Waals surface area contributed by atoms with E-state index in [9.17, 15) is 14.4 Å². The number of carbonyl (C=O) groups is 3. The van der Waals surface area contributed by atoms with Crippen molar-refractivity contribution in [3.8, 4) is 0 Å². The largest absolute Gasteiger partial charge is 0.341 e. The molecule has 1 aliphatic carbocycles. The Kier molecular flexibility index (Phi) is 5.03. The number of aryl methyl sites for hydroxylation is 1. The molecule has 1 saturated carbocycles. The van der Waals surface area contributed by atoms with Gasteiger partial charge < -0.3 is 10.2 Å². The molecule has 2 aliphatic rings. The lowest BCUT2D eigenvalue weighted by atomic mass is 9.91. The van der Waals surface area contributed by atoms with Crippen molar-refractivity contribution in [1.82, 2.24) is 15.1 Å². The van der Waals surface area contributed by atoms with E-state index >= 15 is 0 Å². The predicted molar refractivity (Wildman–Crippen MR) is 98.4 cm³/mol. The summed E-state index contributed by atoms with van der Waals surface area (Å²) in [7, 11) is 1.77. The van der Waals surface area contributed by atoms with Crippen LogP contribution >= 0.6 is 0 Å². The second-order valence-electron chi connectivity index (χ2n) is 7.61. The molecule has 6 heteroatoms. The monoisotopic (exact) mass is 357 g/mol. The Morgan fingerprint density at radius 1 is 1.19 bits per heavy atom. The topological polar surface area (TPSA) is 69.7 Å². The quantitative estimate of drug-likeness (QED) is 0.842. The van der Waals surface area contributed by atoms with E-state index in [1.165, 1.54) is 6.42 Å². The third-order valence-corrected chi connectivity index (χ3v) is 5.71. The van der Waals surface area contributed by atoms with Crippen LogP contribution in [0, 0.1) is 6.92 Å². The Morgan fingerprint density at radius 2 is 1.81 bits per heavy atom. The zero-order chi connectivity index (χ0) is 18.9. The van der Waals surface area contributed by atoms with Gasteiger partial charge in [-0.05, 0) is 32.3 Å². The van der Waals surface area contributed by atoms with Crippen LogP contribution in [0.1, 0.15) is 50.2 Å². The average Bonchev–Trinajstić information content (AvgIpc) is 2.86. The van der Waals surface area contributed by atoms with Gasteiger partial charge >= 0.3 is 6.03 Å². The zero-order valence-electron chi connectivity index (χ0n) is 15.7. The van der Waals surface area contributed by atoms with Crippen LogP contribution < -0.4 is 5.32 Å². The van der Waals surface area contributed by atoms with Gasteiger partial charge in [-0.15, -0.1) is 0 Å². The third-order valence-electron chi connectivity index (χ3n) is 5.71. The predicted octanol–water partition coefficient (Wildman–Crippen LogP) is 2.55. The van der Waals surface area contributed by atoms with Crippen molar-refractivity contribution in [3.63, 3.8) is 0 Å². The highest BCUT2D eigenvalue weighted by Crippen LogP contribution is 2.29. The van der Waals surface area contributed by atoms with Gasteiger partial charge in [0.2, 0.25) is 5.91 Å². The number of nitrogens with zero attached hydrogens (tertiary/aromatic N) is 2. The summed E-state index contributed by atoms with van der Waals surface area (Å²) in [5.74, 6) is -0.565. The molecule has 4 amide bonds. The van der Waals surface area contributed by atoms with E-state index in [1.54, 1.807) is 18.9 Å². The number of rotatable bonds is 4. The number of urea groups is 1. The minimum Gasteiger partial charge on any atom is -0.341 e. The molecule has 1 atom stereocenters. The summed E-state index contributed by atoms with van der Waals surface area (Å²) in [5.41, 5.74) is 0.668. The van der Waals surface area contributed by atoms with Crippen molar-refractivity contribution in [2.75, 3.05) is 13.6 Å². The number of carbonyl (C=O) groups excluding carboxylic acids is 3. The summed E-state index contributed by atoms with van der Waals surface area (Å²) in [6, 6.07) is 7.19. The van der Waals surface area contributed by atoms with Gasteiger partial charge in [0.05, 0.1) is 0 Å². The smallest absolute Gasteiger partial charge is 0.325 e. The fourth-order valence-corrected chi connectivity index (χ4v) is 3.84. The Bertz CT molecular complexity index is 710. The van der Waals surface area contributed by atoms with Gasteiger partial charge in [0, 0.05) is 13.1 Å². The first-order chi connectivity index (χ1) is 12.3. The van der Waals surface area contributed by atoms with Gasteiger partial charge in [0.25, 0.3) is 5.91 Å². The zero-order valence-corrected chi connectivity index (χ0v) is 15.7. The summed E-state index contributed by atoms with van der Waals surface area (Å²) in [5, 5.41) is 2.76. The van der Waals surface area contributed by atoms with Crippen LogP contribution in [0.3, 0.4) is 0 Å². The van der Waals surface area contributed by atoms with E-state index < -0.39 is 11.6 Å². The van der Waals surface area contributed by atoms with E-state index in [0.717, 1.165) is 41.7 Å². The number of benzene rings is 1. The summed E-state index contributed by atoms with van der Waals surface area (Å²) < 4.78 is 0. The molecule has 2 fully saturated rings. The highest BCUT2D eigenvalue weighted by atomic mass is 16.2. The van der Waals surface area contributed by atoms with Crippen LogP contribution in [-0.4, -0.2) is 47.3 Å². The third kappa shape index (κ3) is 3.32. The maximum absolute atomic E-state index is 12.9. The fourth-order valence-electron chi connectivity index (χ4n) is 3.84. The van der Waals surface area contributed by atoms with E-state index in [2.05, 4.69) is 5.32 Å². The molecule has 1 heterocycles. The van der Waals surface area contributed by atoms with E-state index in [1.807, 2.05) is 31.2 Å². The molecule has 1 saturated heterocycles. The molecule has 140 valence electrons. The van der Waals surface area contributed by atoms with Crippen LogP contribution in [0.2, 0.25) is 0 Å². The number of likely N-dealkylation sites (N-methyl/N-ethyl adjacent to an activating group) is 1. The van der Waals surface area contributed by atoms with Crippen LogP contribution in [0.15, 0.2) is 24.3 Å². The summed E-state index contributed by atoms with van der Waals surface area (Å²) >= 11 is 0. The molecule has 1 N–H and O–H groups in total. The molecule has 1 aromatic carbocycles. The summed E-state index contributed by atoms with van der Waals surface area (Å²) in [4.78, 5) is 40.7. The van der Waals surface area contributed by atoms with Crippen LogP contribution in [0.5, 0.6) is 0 Å². The molecule has 6 nitrogen and oxygen atoms in total. The fraction of sp³-hybridized carbons (Fsp3) is 0.550. The van der Waals surface area contributed by atoms with Crippen LogP contribution in [0.25, 0.3) is 0 Å². The summed E-state index contributed by atoms with van der Waals surface area (Å²) in [6.45, 7) is 3.44. The van der Waals surface area contributed by atoms with Crippen LogP contribution in [0.4, 0.5) is 4.79 Å². The second kappa shape index (κ2) is 7.09. The van der Waals surface area contributed by atoms with E-state index in [0.29, 0.717) is 0 Å². The molecule has 0 spiro atoms. The Hall–Kier alpha value is -2.37. The van der Waals surface area contributed by atoms with E-state index in [4.69, 9.17) is 0 Å². The highest BCUT2D eigenvalue weighted by molar-refractivity contribution is 6.09. The maximum atomic E-state index is 12.9. The van der Waals surface area contributed by atoms with Gasteiger partial charge in [-0.3, -0.25) is 14.5 Å². The lowest BCUT2D eigenvalue weighted by molar-refractivity contribution is -0.139. The standard InChI is InChI=1S/C20H27N3O3/c1-14-9-11-15(12-10-14)20(2)18(25)23(19(26)21-20)13-17(24)22(3)16-7-5-4-6-8-16/h9-12,16H,4-8,13H2,1-3H3,(H,21,26). The Labute approximate surface area is 154 Å². The van der Waals surface area contributed by atoms with Gasteiger partial charge in [0.15, 0.2) is 0 Å². The minimum atomic E-state index is -1.13. The second-order valence-corrected chi connectivity index (χ2v) is 7.61. The minimum absolute atomic E-state index is 0.187. The maximum Gasteiger partial charge on any atom is 0.325 e. The molecule has 26 heavy (non-hydrogen) atoms. The van der Waals surface area contributed by atoms with Gasteiger partial charge in [-0.2, -0.15) is 0 Å². The normalized spacial score (nSPS) is 23.9. The Balaban J connectivity index is 1.72. The van der Waals surface area contributed by atoms with Crippen molar-refractivity contribution in [3.05, 3.63) is 35.4 Å². The van der Waals surface area contributed by atoms with Gasteiger partial charge in [-0.25, -0.2) is 4.79 Å². The van der Waals surface area contributed by atoms with Crippen LogP contribution in [-0.2, 0) is 15.1 Å². The molecule has 1 aromatic rings. The van der Waals surface area contributed by atoms with Crippen molar-refractivity contribution >= 4 is 17.8 Å². The first-order valence-electron chi connectivity index (χ1n) is 9.30. The molecule has 0 aromatic heterocycles. The number of hydrogen-bond donors (Lipinski definition) is 1. The lowest BCUT2D eigenvalue weighted by Gasteiger charge is -2.32. The van der Waals surface area contributed by atoms with Crippen molar-refractivity contribution in [1.29, 1.82) is 0 Å². The van der Waals surface area contributed by atoms with Gasteiger partial charge in [0.1, 0.15) is 12.1 Å². The number of imide groups is 1. The van der Waals surface area contributed by atoms with Crippen molar-refractivity contribution in [2.45, 2.75) is 57.5 Å². The number of nitrogens with one attached hydrogen (secondary N) is 1. The molecule has 1 aliphatic heterocycles. The molecule has 0 bridgehead atoms. The summed E-state index contributed by atoms with van der Waals surface area (Å²) in [6.07, 6.45) is 5.43. The first-order valence-corrected chi connectivity index (χ1v) is 9.30. The van der Waals surface area contributed by atoms with E-state index in [-0.39, 0.29) is 24.4 Å². The van der Waals surface area contributed by atoms with Crippen molar-refractivity contribution in [2.24, 2.45) is 0 Å². The van der Waals surface area contributed by atoms with Crippen molar-refractivity contribution < 1.29 is 14.4 Å². The SMILES string of the molecule is Cc1ccc(C2(C)NC(=O)N(CC(=O)N(C)C3CCCCC3)C2=O)cc1. The lowest BCUT2D eigenvalue weighted by Crippen LogP contribution is -2.46. The Morgan fingerprint density at radius 3 is 2.42 bits per heavy atom.